The van der Waals surface area contributed by atoms with Crippen molar-refractivity contribution in [2.75, 3.05) is 6.54 Å². The van der Waals surface area contributed by atoms with Crippen LogP contribution in [0.15, 0.2) is 82.6 Å². The number of amides is 1. The molecule has 36 heavy (non-hydrogen) atoms. The van der Waals surface area contributed by atoms with Crippen molar-refractivity contribution < 1.29 is 26.8 Å². The van der Waals surface area contributed by atoms with Gasteiger partial charge in [-0.15, -0.1) is 0 Å². The molecule has 0 spiro atoms. The summed E-state index contributed by atoms with van der Waals surface area (Å²) in [7, 11) is -4.07. The SMILES string of the molecule is O=C(NCc1cccc(OCc2ccncc2)c1)C1CCCN1S(=O)(=O)c1cc2cc(F)ccc2o1. The Labute approximate surface area is 207 Å². The second-order valence-electron chi connectivity index (χ2n) is 8.53. The van der Waals surface area contributed by atoms with Crippen LogP contribution in [-0.4, -0.2) is 36.2 Å². The maximum Gasteiger partial charge on any atom is 0.277 e. The molecule has 3 heterocycles. The Kier molecular flexibility index (Phi) is 6.71. The molecule has 10 heteroatoms. The number of hydrogen-bond donors (Lipinski definition) is 1. The number of rotatable bonds is 8. The predicted octanol–water partition coefficient (Wildman–Crippen LogP) is 4.02. The summed E-state index contributed by atoms with van der Waals surface area (Å²) in [6.45, 7) is 0.811. The number of carbonyl (C=O) groups is 1. The fraction of sp³-hybridized carbons (Fsp3) is 0.231. The van der Waals surface area contributed by atoms with Crippen LogP contribution in [-0.2, 0) is 28.0 Å². The van der Waals surface area contributed by atoms with E-state index >= 15 is 0 Å². The van der Waals surface area contributed by atoms with E-state index in [0.29, 0.717) is 30.6 Å². The van der Waals surface area contributed by atoms with Gasteiger partial charge in [-0.3, -0.25) is 9.78 Å². The Morgan fingerprint density at radius 1 is 1.11 bits per heavy atom. The van der Waals surface area contributed by atoms with Gasteiger partial charge in [-0.1, -0.05) is 12.1 Å². The lowest BCUT2D eigenvalue weighted by atomic mass is 10.2. The molecular formula is C26H24FN3O5S. The summed E-state index contributed by atoms with van der Waals surface area (Å²) in [6, 6.07) is 15.3. The van der Waals surface area contributed by atoms with Crippen LogP contribution in [0, 0.1) is 5.82 Å². The molecule has 0 radical (unpaired) electrons. The molecule has 0 bridgehead atoms. The van der Waals surface area contributed by atoms with Gasteiger partial charge in [0, 0.05) is 36.9 Å². The molecule has 5 rings (SSSR count). The summed E-state index contributed by atoms with van der Waals surface area (Å²) in [6.07, 6.45) is 4.34. The Hall–Kier alpha value is -3.76. The number of carbonyl (C=O) groups excluding carboxylic acids is 1. The molecule has 2 aromatic heterocycles. The summed E-state index contributed by atoms with van der Waals surface area (Å²) < 4.78 is 52.5. The largest absolute Gasteiger partial charge is 0.489 e. The van der Waals surface area contributed by atoms with Gasteiger partial charge in [0.05, 0.1) is 0 Å². The summed E-state index contributed by atoms with van der Waals surface area (Å²) in [5, 5.41) is 2.88. The van der Waals surface area contributed by atoms with E-state index in [9.17, 15) is 17.6 Å². The van der Waals surface area contributed by atoms with Gasteiger partial charge in [-0.2, -0.15) is 4.31 Å². The molecule has 0 saturated carbocycles. The molecule has 186 valence electrons. The zero-order valence-corrected chi connectivity index (χ0v) is 20.1. The van der Waals surface area contributed by atoms with Crippen molar-refractivity contribution in [2.45, 2.75) is 37.1 Å². The van der Waals surface area contributed by atoms with E-state index < -0.39 is 21.9 Å². The number of nitrogens with one attached hydrogen (secondary N) is 1. The lowest BCUT2D eigenvalue weighted by Gasteiger charge is -2.22. The fourth-order valence-corrected chi connectivity index (χ4v) is 5.83. The van der Waals surface area contributed by atoms with Gasteiger partial charge in [0.25, 0.3) is 10.0 Å². The second-order valence-corrected chi connectivity index (χ2v) is 10.4. The van der Waals surface area contributed by atoms with Gasteiger partial charge in [0.1, 0.15) is 29.8 Å². The molecule has 1 amide bonds. The molecule has 1 atom stereocenters. The molecule has 1 fully saturated rings. The third-order valence-corrected chi connectivity index (χ3v) is 7.81. The first-order chi connectivity index (χ1) is 17.4. The standard InChI is InChI=1S/C26H24FN3O5S/c27-21-6-7-24-20(14-21)15-25(35-24)36(32,33)30-12-2-5-23(30)26(31)29-16-19-3-1-4-22(13-19)34-17-18-8-10-28-11-9-18/h1,3-4,6-11,13-15,23H,2,5,12,16-17H2,(H,29,31). The maximum atomic E-state index is 13.5. The van der Waals surface area contributed by atoms with Crippen molar-refractivity contribution in [3.63, 3.8) is 0 Å². The van der Waals surface area contributed by atoms with Gasteiger partial charge in [-0.25, -0.2) is 12.8 Å². The van der Waals surface area contributed by atoms with Crippen LogP contribution in [0.5, 0.6) is 5.75 Å². The lowest BCUT2D eigenvalue weighted by Crippen LogP contribution is -2.45. The van der Waals surface area contributed by atoms with Gasteiger partial charge < -0.3 is 14.5 Å². The highest BCUT2D eigenvalue weighted by atomic mass is 32.2. The number of benzene rings is 2. The van der Waals surface area contributed by atoms with Crippen LogP contribution in [0.3, 0.4) is 0 Å². The first-order valence-electron chi connectivity index (χ1n) is 11.5. The summed E-state index contributed by atoms with van der Waals surface area (Å²) in [4.78, 5) is 17.0. The van der Waals surface area contributed by atoms with E-state index in [-0.39, 0.29) is 29.7 Å². The van der Waals surface area contributed by atoms with Crippen molar-refractivity contribution >= 4 is 26.9 Å². The van der Waals surface area contributed by atoms with E-state index in [2.05, 4.69) is 10.3 Å². The molecule has 1 aliphatic rings. The van der Waals surface area contributed by atoms with Crippen molar-refractivity contribution in [1.82, 2.24) is 14.6 Å². The average Bonchev–Trinajstić information content (AvgIpc) is 3.55. The van der Waals surface area contributed by atoms with Gasteiger partial charge >= 0.3 is 0 Å². The Morgan fingerprint density at radius 3 is 2.78 bits per heavy atom. The zero-order chi connectivity index (χ0) is 25.1. The molecule has 8 nitrogen and oxygen atoms in total. The molecule has 0 aliphatic carbocycles. The summed E-state index contributed by atoms with van der Waals surface area (Å²) >= 11 is 0. The minimum absolute atomic E-state index is 0.199. The molecule has 1 saturated heterocycles. The van der Waals surface area contributed by atoms with Gasteiger partial charge in [0.15, 0.2) is 0 Å². The average molecular weight is 510 g/mol. The highest BCUT2D eigenvalue weighted by molar-refractivity contribution is 7.89. The van der Waals surface area contributed by atoms with Crippen molar-refractivity contribution in [3.05, 3.63) is 90.0 Å². The van der Waals surface area contributed by atoms with Crippen LogP contribution in [0.4, 0.5) is 4.39 Å². The van der Waals surface area contributed by atoms with E-state index in [0.717, 1.165) is 15.4 Å². The summed E-state index contributed by atoms with van der Waals surface area (Å²) in [5.74, 6) is -0.219. The molecular weight excluding hydrogens is 485 g/mol. The first kappa shape index (κ1) is 24.0. The molecule has 1 aliphatic heterocycles. The van der Waals surface area contributed by atoms with Gasteiger partial charge in [0.2, 0.25) is 11.0 Å². The van der Waals surface area contributed by atoms with Crippen molar-refractivity contribution in [1.29, 1.82) is 0 Å². The van der Waals surface area contributed by atoms with Gasteiger partial charge in [-0.05, 0) is 66.4 Å². The van der Waals surface area contributed by atoms with E-state index in [1.54, 1.807) is 12.4 Å². The number of fused-ring (bicyclic) bond motifs is 1. The number of ether oxygens (including phenoxy) is 1. The smallest absolute Gasteiger partial charge is 0.277 e. The van der Waals surface area contributed by atoms with Crippen molar-refractivity contribution in [3.8, 4) is 5.75 Å². The maximum absolute atomic E-state index is 13.5. The summed E-state index contributed by atoms with van der Waals surface area (Å²) in [5.41, 5.74) is 2.07. The minimum Gasteiger partial charge on any atom is -0.489 e. The zero-order valence-electron chi connectivity index (χ0n) is 19.3. The molecule has 1 N–H and O–H groups in total. The first-order valence-corrected chi connectivity index (χ1v) is 12.9. The number of furan rings is 1. The normalized spacial score (nSPS) is 16.3. The fourth-order valence-electron chi connectivity index (χ4n) is 4.22. The lowest BCUT2D eigenvalue weighted by molar-refractivity contribution is -0.124. The van der Waals surface area contributed by atoms with Crippen LogP contribution in [0.25, 0.3) is 11.0 Å². The van der Waals surface area contributed by atoms with E-state index in [4.69, 9.17) is 9.15 Å². The Bertz CT molecular complexity index is 1490. The second kappa shape index (κ2) is 10.1. The number of nitrogens with zero attached hydrogens (tertiary/aromatic N) is 2. The third-order valence-electron chi connectivity index (χ3n) is 6.05. The number of sulfonamides is 1. The minimum atomic E-state index is -4.07. The Morgan fingerprint density at radius 2 is 1.94 bits per heavy atom. The monoisotopic (exact) mass is 509 g/mol. The molecule has 4 aromatic rings. The Balaban J connectivity index is 1.24. The number of aromatic nitrogens is 1. The molecule has 2 aromatic carbocycles. The molecule has 1 unspecified atom stereocenters. The van der Waals surface area contributed by atoms with E-state index in [1.165, 1.54) is 24.3 Å². The van der Waals surface area contributed by atoms with Crippen LogP contribution < -0.4 is 10.1 Å². The van der Waals surface area contributed by atoms with Crippen molar-refractivity contribution in [2.24, 2.45) is 0 Å². The highest BCUT2D eigenvalue weighted by Gasteiger charge is 2.41. The van der Waals surface area contributed by atoms with E-state index in [1.807, 2.05) is 36.4 Å². The number of halogens is 1. The van der Waals surface area contributed by atoms with Crippen LogP contribution in [0.1, 0.15) is 24.0 Å². The quantitative estimate of drug-likeness (QED) is 0.385. The van der Waals surface area contributed by atoms with Crippen LogP contribution in [0.2, 0.25) is 0 Å². The predicted molar refractivity (Wildman–Crippen MR) is 130 cm³/mol. The third kappa shape index (κ3) is 5.09. The highest BCUT2D eigenvalue weighted by Crippen LogP contribution is 2.30. The van der Waals surface area contributed by atoms with Crippen LogP contribution >= 0.6 is 0 Å². The number of pyridine rings is 1. The topological polar surface area (TPSA) is 102 Å². The number of hydrogen-bond acceptors (Lipinski definition) is 6.